The number of rotatable bonds is 2. The third kappa shape index (κ3) is 2.57. The molecule has 0 bridgehead atoms. The van der Waals surface area contributed by atoms with E-state index >= 15 is 0 Å². The average Bonchev–Trinajstić information content (AvgIpc) is 2.68. The van der Waals surface area contributed by atoms with Gasteiger partial charge >= 0.3 is 0 Å². The molecule has 0 aliphatic carbocycles. The first kappa shape index (κ1) is 13.2. The summed E-state index contributed by atoms with van der Waals surface area (Å²) in [4.78, 5) is 9.96. The highest BCUT2D eigenvalue weighted by Gasteiger charge is 2.11. The molecule has 2 aromatic heterocycles. The molecule has 0 aliphatic heterocycles. The maximum Gasteiger partial charge on any atom is 0.225 e. The van der Waals surface area contributed by atoms with Crippen LogP contribution in [0, 0.1) is 18.6 Å². The van der Waals surface area contributed by atoms with Gasteiger partial charge in [0.2, 0.25) is 5.28 Å². The van der Waals surface area contributed by atoms with Gasteiger partial charge in [0.1, 0.15) is 22.3 Å². The van der Waals surface area contributed by atoms with Crippen molar-refractivity contribution in [3.8, 4) is 0 Å². The minimum atomic E-state index is -0.662. The minimum absolute atomic E-state index is 0.0822. The van der Waals surface area contributed by atoms with Crippen LogP contribution in [-0.4, -0.2) is 9.97 Å². The Kier molecular flexibility index (Phi) is 3.27. The van der Waals surface area contributed by atoms with Crippen molar-refractivity contribution in [3.05, 3.63) is 46.1 Å². The Labute approximate surface area is 122 Å². The molecule has 3 nitrogen and oxygen atoms in total. The SMILES string of the molecule is Cc1cc2c(Nc3cc(F)cc(F)c3)nc(Cl)nc2s1. The van der Waals surface area contributed by atoms with Crippen LogP contribution in [0.3, 0.4) is 0 Å². The molecular formula is C13H8ClF2N3S. The number of thiophene rings is 1. The Hall–Kier alpha value is -1.79. The summed E-state index contributed by atoms with van der Waals surface area (Å²) in [6, 6.07) is 5.07. The van der Waals surface area contributed by atoms with E-state index in [0.717, 1.165) is 21.2 Å². The Balaban J connectivity index is 2.09. The molecular weight excluding hydrogens is 304 g/mol. The third-order valence-electron chi connectivity index (χ3n) is 2.61. The number of benzene rings is 1. The normalized spacial score (nSPS) is 11.0. The van der Waals surface area contributed by atoms with Crippen LogP contribution < -0.4 is 5.32 Å². The van der Waals surface area contributed by atoms with Gasteiger partial charge in [-0.2, -0.15) is 4.98 Å². The summed E-state index contributed by atoms with van der Waals surface area (Å²) in [7, 11) is 0. The van der Waals surface area contributed by atoms with Crippen molar-refractivity contribution in [2.75, 3.05) is 5.32 Å². The molecule has 20 heavy (non-hydrogen) atoms. The van der Waals surface area contributed by atoms with E-state index in [2.05, 4.69) is 15.3 Å². The van der Waals surface area contributed by atoms with Gasteiger partial charge in [0.15, 0.2) is 0 Å². The van der Waals surface area contributed by atoms with Crippen LogP contribution >= 0.6 is 22.9 Å². The van der Waals surface area contributed by atoms with Crippen LogP contribution in [0.1, 0.15) is 4.88 Å². The van der Waals surface area contributed by atoms with Crippen LogP contribution in [0.15, 0.2) is 24.3 Å². The van der Waals surface area contributed by atoms with Gasteiger partial charge in [-0.05, 0) is 36.7 Å². The lowest BCUT2D eigenvalue weighted by molar-refractivity contribution is 0.584. The van der Waals surface area contributed by atoms with Gasteiger partial charge in [0, 0.05) is 16.6 Å². The van der Waals surface area contributed by atoms with E-state index in [4.69, 9.17) is 11.6 Å². The number of fused-ring (bicyclic) bond motifs is 1. The van der Waals surface area contributed by atoms with Crippen LogP contribution in [0.2, 0.25) is 5.28 Å². The van der Waals surface area contributed by atoms with Crippen LogP contribution in [0.4, 0.5) is 20.3 Å². The summed E-state index contributed by atoms with van der Waals surface area (Å²) < 4.78 is 26.4. The molecule has 0 atom stereocenters. The molecule has 1 aromatic carbocycles. The topological polar surface area (TPSA) is 37.8 Å². The highest BCUT2D eigenvalue weighted by Crippen LogP contribution is 2.31. The number of hydrogen-bond acceptors (Lipinski definition) is 4. The summed E-state index contributed by atoms with van der Waals surface area (Å²) in [5.41, 5.74) is 0.266. The molecule has 3 rings (SSSR count). The third-order valence-corrected chi connectivity index (χ3v) is 3.73. The first-order valence-corrected chi connectivity index (χ1v) is 6.87. The van der Waals surface area contributed by atoms with E-state index in [1.807, 2.05) is 13.0 Å². The summed E-state index contributed by atoms with van der Waals surface area (Å²) in [6.45, 7) is 1.94. The van der Waals surface area contributed by atoms with Crippen LogP contribution in [0.5, 0.6) is 0 Å². The van der Waals surface area contributed by atoms with E-state index in [1.165, 1.54) is 23.5 Å². The molecule has 0 saturated heterocycles. The van der Waals surface area contributed by atoms with Crippen molar-refractivity contribution in [3.63, 3.8) is 0 Å². The summed E-state index contributed by atoms with van der Waals surface area (Å²) in [6.07, 6.45) is 0. The van der Waals surface area contributed by atoms with Crippen molar-refractivity contribution >= 4 is 44.7 Å². The predicted octanol–water partition coefficient (Wildman–Crippen LogP) is 4.67. The molecule has 2 heterocycles. The molecule has 0 saturated carbocycles. The highest BCUT2D eigenvalue weighted by atomic mass is 35.5. The van der Waals surface area contributed by atoms with Gasteiger partial charge < -0.3 is 5.32 Å². The lowest BCUT2D eigenvalue weighted by atomic mass is 10.3. The smallest absolute Gasteiger partial charge is 0.225 e. The molecule has 3 aromatic rings. The molecule has 0 spiro atoms. The second-order valence-corrected chi connectivity index (χ2v) is 5.77. The zero-order valence-electron chi connectivity index (χ0n) is 10.2. The fourth-order valence-corrected chi connectivity index (χ4v) is 2.97. The lowest BCUT2D eigenvalue weighted by Gasteiger charge is -2.07. The number of aryl methyl sites for hydroxylation is 1. The van der Waals surface area contributed by atoms with E-state index < -0.39 is 11.6 Å². The second-order valence-electron chi connectivity index (χ2n) is 4.20. The van der Waals surface area contributed by atoms with Crippen molar-refractivity contribution in [2.24, 2.45) is 0 Å². The van der Waals surface area contributed by atoms with Gasteiger partial charge in [-0.25, -0.2) is 13.8 Å². The fourth-order valence-electron chi connectivity index (χ4n) is 1.87. The molecule has 1 N–H and O–H groups in total. The number of hydrogen-bond donors (Lipinski definition) is 1. The van der Waals surface area contributed by atoms with Crippen molar-refractivity contribution in [1.29, 1.82) is 0 Å². The summed E-state index contributed by atoms with van der Waals surface area (Å²) >= 11 is 7.33. The number of nitrogens with one attached hydrogen (secondary N) is 1. The van der Waals surface area contributed by atoms with Gasteiger partial charge in [-0.15, -0.1) is 11.3 Å². The second kappa shape index (κ2) is 4.96. The standard InChI is InChI=1S/C13H8ClF2N3S/c1-6-2-10-11(18-13(14)19-12(10)20-6)17-9-4-7(15)3-8(16)5-9/h2-5H,1H3,(H,17,18,19). The summed E-state index contributed by atoms with van der Waals surface area (Å²) in [5.74, 6) is -0.898. The van der Waals surface area contributed by atoms with Gasteiger partial charge in [0.25, 0.3) is 0 Å². The molecule has 0 amide bonds. The molecule has 102 valence electrons. The Morgan fingerprint density at radius 1 is 1.10 bits per heavy atom. The van der Waals surface area contributed by atoms with E-state index in [0.29, 0.717) is 5.82 Å². The number of nitrogens with zero attached hydrogens (tertiary/aromatic N) is 2. The predicted molar refractivity (Wildman–Crippen MR) is 76.8 cm³/mol. The van der Waals surface area contributed by atoms with Crippen molar-refractivity contribution < 1.29 is 8.78 Å². The summed E-state index contributed by atoms with van der Waals surface area (Å²) in [5, 5.41) is 3.72. The molecule has 0 unspecified atom stereocenters. The molecule has 0 aliphatic rings. The van der Waals surface area contributed by atoms with Crippen molar-refractivity contribution in [1.82, 2.24) is 9.97 Å². The van der Waals surface area contributed by atoms with Gasteiger partial charge in [-0.1, -0.05) is 0 Å². The van der Waals surface area contributed by atoms with Crippen LogP contribution in [0.25, 0.3) is 10.2 Å². The number of aromatic nitrogens is 2. The molecule has 0 radical (unpaired) electrons. The number of halogens is 3. The zero-order valence-corrected chi connectivity index (χ0v) is 11.8. The van der Waals surface area contributed by atoms with E-state index in [-0.39, 0.29) is 11.0 Å². The molecule has 0 fully saturated rings. The van der Waals surface area contributed by atoms with Crippen molar-refractivity contribution in [2.45, 2.75) is 6.92 Å². The van der Waals surface area contributed by atoms with Gasteiger partial charge in [-0.3, -0.25) is 0 Å². The lowest BCUT2D eigenvalue weighted by Crippen LogP contribution is -1.97. The Bertz CT molecular complexity index is 783. The monoisotopic (exact) mass is 311 g/mol. The Morgan fingerprint density at radius 3 is 2.50 bits per heavy atom. The largest absolute Gasteiger partial charge is 0.339 e. The van der Waals surface area contributed by atoms with Crippen LogP contribution in [-0.2, 0) is 0 Å². The zero-order chi connectivity index (χ0) is 14.3. The minimum Gasteiger partial charge on any atom is -0.339 e. The Morgan fingerprint density at radius 2 is 1.80 bits per heavy atom. The number of anilines is 2. The quantitative estimate of drug-likeness (QED) is 0.699. The van der Waals surface area contributed by atoms with Gasteiger partial charge in [0.05, 0.1) is 5.39 Å². The van der Waals surface area contributed by atoms with E-state index in [9.17, 15) is 8.78 Å². The van der Waals surface area contributed by atoms with E-state index in [1.54, 1.807) is 0 Å². The molecule has 7 heteroatoms. The maximum atomic E-state index is 13.2. The highest BCUT2D eigenvalue weighted by molar-refractivity contribution is 7.18. The first-order valence-electron chi connectivity index (χ1n) is 5.68. The fraction of sp³-hybridized carbons (Fsp3) is 0.0769. The maximum absolute atomic E-state index is 13.2. The first-order chi connectivity index (χ1) is 9.51. The average molecular weight is 312 g/mol.